The summed E-state index contributed by atoms with van der Waals surface area (Å²) < 4.78 is 0. The Morgan fingerprint density at radius 3 is 2.23 bits per heavy atom. The van der Waals surface area contributed by atoms with E-state index in [-0.39, 0.29) is 12.3 Å². The smallest absolute Gasteiger partial charge is 0.304 e. The van der Waals surface area contributed by atoms with E-state index in [1.165, 1.54) is 4.90 Å². The molecule has 0 radical (unpaired) electrons. The summed E-state index contributed by atoms with van der Waals surface area (Å²) in [5.41, 5.74) is 0. The lowest BCUT2D eigenvalue weighted by Gasteiger charge is -2.09. The van der Waals surface area contributed by atoms with Crippen LogP contribution in [0.1, 0.15) is 12.8 Å². The molecule has 0 bridgehead atoms. The van der Waals surface area contributed by atoms with Crippen molar-refractivity contribution in [1.82, 2.24) is 10.2 Å². The number of aliphatic carboxylic acids is 1. The Hall–Kier alpha value is -1.10. The van der Waals surface area contributed by atoms with Gasteiger partial charge in [-0.25, -0.2) is 0 Å². The zero-order chi connectivity index (χ0) is 10.3. The molecular weight excluding hydrogens is 172 g/mol. The van der Waals surface area contributed by atoms with Gasteiger partial charge >= 0.3 is 5.97 Å². The van der Waals surface area contributed by atoms with Gasteiger partial charge in [0.1, 0.15) is 0 Å². The minimum atomic E-state index is -0.827. The second-order valence-electron chi connectivity index (χ2n) is 2.93. The second-order valence-corrected chi connectivity index (χ2v) is 2.93. The lowest BCUT2D eigenvalue weighted by molar-refractivity contribution is -0.136. The van der Waals surface area contributed by atoms with Crippen LogP contribution in [0.3, 0.4) is 0 Å². The molecule has 0 spiro atoms. The fourth-order valence-electron chi connectivity index (χ4n) is 0.739. The maximum atomic E-state index is 11.0. The van der Waals surface area contributed by atoms with E-state index in [2.05, 4.69) is 5.32 Å². The first-order valence-corrected chi connectivity index (χ1v) is 4.16. The molecule has 0 aromatic carbocycles. The lowest BCUT2D eigenvalue weighted by atomic mass is 10.3. The Morgan fingerprint density at radius 1 is 1.23 bits per heavy atom. The van der Waals surface area contributed by atoms with Gasteiger partial charge in [0.25, 0.3) is 0 Å². The maximum Gasteiger partial charge on any atom is 0.304 e. The summed E-state index contributed by atoms with van der Waals surface area (Å²) in [5.74, 6) is -0.783. The van der Waals surface area contributed by atoms with Crippen molar-refractivity contribution in [2.75, 3.05) is 27.2 Å². The number of hydrogen-bond acceptors (Lipinski definition) is 3. The Kier molecular flexibility index (Phi) is 5.88. The van der Waals surface area contributed by atoms with Gasteiger partial charge in [0, 0.05) is 33.6 Å². The number of carboxylic acids is 1. The monoisotopic (exact) mass is 188 g/mol. The van der Waals surface area contributed by atoms with Gasteiger partial charge in [-0.05, 0) is 0 Å². The molecule has 76 valence electrons. The van der Waals surface area contributed by atoms with Crippen molar-refractivity contribution in [2.24, 2.45) is 0 Å². The molecule has 1 amide bonds. The number of amides is 1. The number of hydrogen-bond donors (Lipinski definition) is 2. The Balaban J connectivity index is 3.26. The third-order valence-electron chi connectivity index (χ3n) is 1.53. The number of carboxylic acid groups (broad SMARTS) is 1. The normalized spacial score (nSPS) is 9.69. The molecule has 0 atom stereocenters. The van der Waals surface area contributed by atoms with Crippen LogP contribution in [0, 0.1) is 0 Å². The predicted molar refractivity (Wildman–Crippen MR) is 48.4 cm³/mol. The Labute approximate surface area is 77.7 Å². The molecule has 0 aliphatic rings. The zero-order valence-electron chi connectivity index (χ0n) is 8.04. The number of carbonyl (C=O) groups excluding carboxylic acids is 1. The van der Waals surface area contributed by atoms with Crippen LogP contribution in [0.4, 0.5) is 0 Å². The van der Waals surface area contributed by atoms with Crippen molar-refractivity contribution >= 4 is 11.9 Å². The zero-order valence-corrected chi connectivity index (χ0v) is 8.04. The van der Waals surface area contributed by atoms with E-state index in [1.807, 2.05) is 0 Å². The number of nitrogens with one attached hydrogen (secondary N) is 1. The van der Waals surface area contributed by atoms with Gasteiger partial charge in [0.05, 0.1) is 6.42 Å². The van der Waals surface area contributed by atoms with Gasteiger partial charge in [-0.2, -0.15) is 0 Å². The van der Waals surface area contributed by atoms with Gasteiger partial charge in [0.2, 0.25) is 5.91 Å². The van der Waals surface area contributed by atoms with Crippen molar-refractivity contribution in [3.8, 4) is 0 Å². The van der Waals surface area contributed by atoms with E-state index < -0.39 is 5.97 Å². The highest BCUT2D eigenvalue weighted by atomic mass is 16.4. The van der Waals surface area contributed by atoms with E-state index in [9.17, 15) is 9.59 Å². The molecule has 5 nitrogen and oxygen atoms in total. The molecule has 0 aromatic heterocycles. The molecule has 0 aromatic rings. The molecular formula is C8H16N2O3. The van der Waals surface area contributed by atoms with Gasteiger partial charge in [0.15, 0.2) is 0 Å². The average molecular weight is 188 g/mol. The molecule has 0 rings (SSSR count). The predicted octanol–water partition coefficient (Wildman–Crippen LogP) is -0.471. The number of nitrogens with zero attached hydrogens (tertiary/aromatic N) is 1. The first-order valence-electron chi connectivity index (χ1n) is 4.16. The average Bonchev–Trinajstić information content (AvgIpc) is 2.02. The standard InChI is InChI=1S/C8H16N2O3/c1-10(2)7(11)3-5-9-6-4-8(12)13/h9H,3-6H2,1-2H3,(H,12,13). The molecule has 5 heteroatoms. The minimum Gasteiger partial charge on any atom is -0.481 e. The molecule has 13 heavy (non-hydrogen) atoms. The van der Waals surface area contributed by atoms with Crippen LogP contribution >= 0.6 is 0 Å². The fraction of sp³-hybridized carbons (Fsp3) is 0.750. The summed E-state index contributed by atoms with van der Waals surface area (Å²) in [4.78, 5) is 22.6. The van der Waals surface area contributed by atoms with Gasteiger partial charge in [-0.3, -0.25) is 9.59 Å². The quantitative estimate of drug-likeness (QED) is 0.553. The number of rotatable bonds is 6. The molecule has 0 aliphatic carbocycles. The summed E-state index contributed by atoms with van der Waals surface area (Å²) in [6.45, 7) is 0.945. The summed E-state index contributed by atoms with van der Waals surface area (Å²) in [7, 11) is 3.39. The summed E-state index contributed by atoms with van der Waals surface area (Å²) in [5, 5.41) is 11.2. The minimum absolute atomic E-state index is 0.0443. The molecule has 0 fully saturated rings. The maximum absolute atomic E-state index is 11.0. The molecule has 0 aliphatic heterocycles. The van der Waals surface area contributed by atoms with E-state index in [0.717, 1.165) is 0 Å². The van der Waals surface area contributed by atoms with Crippen LogP contribution in [0.5, 0.6) is 0 Å². The Morgan fingerprint density at radius 2 is 1.77 bits per heavy atom. The van der Waals surface area contributed by atoms with Crippen LogP contribution in [0.2, 0.25) is 0 Å². The van der Waals surface area contributed by atoms with E-state index in [0.29, 0.717) is 19.5 Å². The first-order chi connectivity index (χ1) is 6.04. The number of carbonyl (C=O) groups is 2. The van der Waals surface area contributed by atoms with Crippen molar-refractivity contribution in [3.05, 3.63) is 0 Å². The van der Waals surface area contributed by atoms with Crippen LogP contribution in [0.25, 0.3) is 0 Å². The summed E-state index contributed by atoms with van der Waals surface area (Å²) in [6, 6.07) is 0. The first kappa shape index (κ1) is 11.9. The highest BCUT2D eigenvalue weighted by Gasteiger charge is 2.02. The van der Waals surface area contributed by atoms with E-state index in [1.54, 1.807) is 14.1 Å². The van der Waals surface area contributed by atoms with Crippen LogP contribution in [0.15, 0.2) is 0 Å². The third kappa shape index (κ3) is 7.27. The van der Waals surface area contributed by atoms with Gasteiger partial charge in [-0.1, -0.05) is 0 Å². The van der Waals surface area contributed by atoms with Crippen molar-refractivity contribution in [1.29, 1.82) is 0 Å². The highest BCUT2D eigenvalue weighted by molar-refractivity contribution is 5.75. The van der Waals surface area contributed by atoms with Crippen molar-refractivity contribution in [2.45, 2.75) is 12.8 Å². The summed E-state index contributed by atoms with van der Waals surface area (Å²) in [6.07, 6.45) is 0.503. The van der Waals surface area contributed by atoms with Gasteiger partial charge in [-0.15, -0.1) is 0 Å². The van der Waals surface area contributed by atoms with Gasteiger partial charge < -0.3 is 15.3 Å². The second kappa shape index (κ2) is 6.42. The SMILES string of the molecule is CN(C)C(=O)CCNCCC(=O)O. The molecule has 0 unspecified atom stereocenters. The van der Waals surface area contributed by atoms with Crippen LogP contribution in [-0.4, -0.2) is 49.1 Å². The van der Waals surface area contributed by atoms with E-state index >= 15 is 0 Å². The third-order valence-corrected chi connectivity index (χ3v) is 1.53. The summed E-state index contributed by atoms with van der Waals surface area (Å²) >= 11 is 0. The Bertz CT molecular complexity index is 180. The molecule has 0 heterocycles. The van der Waals surface area contributed by atoms with Crippen LogP contribution < -0.4 is 5.32 Å². The van der Waals surface area contributed by atoms with Crippen LogP contribution in [-0.2, 0) is 9.59 Å². The van der Waals surface area contributed by atoms with E-state index in [4.69, 9.17) is 5.11 Å². The van der Waals surface area contributed by atoms with Crippen molar-refractivity contribution < 1.29 is 14.7 Å². The lowest BCUT2D eigenvalue weighted by Crippen LogP contribution is -2.27. The molecule has 2 N–H and O–H groups in total. The largest absolute Gasteiger partial charge is 0.481 e. The topological polar surface area (TPSA) is 69.6 Å². The highest BCUT2D eigenvalue weighted by Crippen LogP contribution is 1.85. The molecule has 0 saturated heterocycles. The fourth-order valence-corrected chi connectivity index (χ4v) is 0.739. The molecule has 0 saturated carbocycles. The van der Waals surface area contributed by atoms with Crippen molar-refractivity contribution in [3.63, 3.8) is 0 Å².